The molecule has 0 amide bonds. The maximum absolute atomic E-state index is 13.4. The van der Waals surface area contributed by atoms with Gasteiger partial charge in [-0.1, -0.05) is 15.9 Å². The normalized spacial score (nSPS) is 10.2. The third kappa shape index (κ3) is 2.39. The largest absolute Gasteiger partial charge is 0.492 e. The lowest BCUT2D eigenvalue weighted by Gasteiger charge is -2.14. The first-order chi connectivity index (χ1) is 7.15. The number of methoxy groups -OCH3 is 2. The summed E-state index contributed by atoms with van der Waals surface area (Å²) in [6.07, 6.45) is 0. The molecule has 0 spiro atoms. The maximum Gasteiger partial charge on any atom is 0.197 e. The predicted molar refractivity (Wildman–Crippen MR) is 55.8 cm³/mol. The lowest BCUT2D eigenvalue weighted by atomic mass is 10.2. The van der Waals surface area contributed by atoms with Crippen LogP contribution in [0.2, 0.25) is 0 Å². The standard InChI is InChI=1S/C9H11BrFNO3/c1-14-8-5(4-12-13)6(10)3-7(11)9(8)15-2/h3,12-13H,4H2,1-2H3. The van der Waals surface area contributed by atoms with Gasteiger partial charge >= 0.3 is 0 Å². The number of hydrogen-bond donors (Lipinski definition) is 2. The van der Waals surface area contributed by atoms with Crippen LogP contribution in [0, 0.1) is 5.82 Å². The summed E-state index contributed by atoms with van der Waals surface area (Å²) in [5.74, 6) is -0.250. The van der Waals surface area contributed by atoms with Gasteiger partial charge in [-0.3, -0.25) is 0 Å². The Morgan fingerprint density at radius 3 is 2.47 bits per heavy atom. The van der Waals surface area contributed by atoms with Crippen LogP contribution < -0.4 is 15.0 Å². The van der Waals surface area contributed by atoms with Crippen molar-refractivity contribution in [1.82, 2.24) is 5.48 Å². The van der Waals surface area contributed by atoms with E-state index in [1.54, 1.807) is 0 Å². The third-order valence-corrected chi connectivity index (χ3v) is 2.61. The van der Waals surface area contributed by atoms with Crippen LogP contribution in [0.3, 0.4) is 0 Å². The minimum absolute atomic E-state index is 0.0194. The van der Waals surface area contributed by atoms with Gasteiger partial charge in [0, 0.05) is 10.0 Å². The van der Waals surface area contributed by atoms with Gasteiger partial charge in [-0.15, -0.1) is 0 Å². The Balaban J connectivity index is 3.35. The van der Waals surface area contributed by atoms with Crippen molar-refractivity contribution in [2.75, 3.05) is 14.2 Å². The number of hydrogen-bond acceptors (Lipinski definition) is 4. The Kier molecular flexibility index (Phi) is 4.31. The minimum Gasteiger partial charge on any atom is -0.492 e. The Hall–Kier alpha value is -0.850. The average Bonchev–Trinajstić information content (AvgIpc) is 2.21. The minimum atomic E-state index is -0.525. The maximum atomic E-state index is 13.4. The van der Waals surface area contributed by atoms with Crippen LogP contribution in [0.25, 0.3) is 0 Å². The summed E-state index contributed by atoms with van der Waals surface area (Å²) in [4.78, 5) is 0. The average molecular weight is 280 g/mol. The van der Waals surface area contributed by atoms with E-state index >= 15 is 0 Å². The van der Waals surface area contributed by atoms with Crippen molar-refractivity contribution in [3.63, 3.8) is 0 Å². The smallest absolute Gasteiger partial charge is 0.197 e. The predicted octanol–water partition coefficient (Wildman–Crippen LogP) is 2.08. The van der Waals surface area contributed by atoms with E-state index in [4.69, 9.17) is 14.7 Å². The quantitative estimate of drug-likeness (QED) is 0.829. The molecule has 0 aromatic heterocycles. The molecule has 0 heterocycles. The van der Waals surface area contributed by atoms with E-state index in [1.165, 1.54) is 20.3 Å². The molecule has 0 bridgehead atoms. The zero-order valence-corrected chi connectivity index (χ0v) is 9.89. The Bertz CT molecular complexity index is 360. The molecule has 15 heavy (non-hydrogen) atoms. The van der Waals surface area contributed by atoms with Gasteiger partial charge in [-0.2, -0.15) is 0 Å². The topological polar surface area (TPSA) is 50.7 Å². The first kappa shape index (κ1) is 12.2. The zero-order valence-electron chi connectivity index (χ0n) is 8.30. The second-order valence-corrected chi connectivity index (χ2v) is 3.57. The van der Waals surface area contributed by atoms with Crippen LogP contribution in [-0.2, 0) is 6.54 Å². The van der Waals surface area contributed by atoms with Crippen molar-refractivity contribution < 1.29 is 19.1 Å². The highest BCUT2D eigenvalue weighted by Crippen LogP contribution is 2.38. The van der Waals surface area contributed by atoms with Crippen molar-refractivity contribution in [3.8, 4) is 11.5 Å². The third-order valence-electron chi connectivity index (χ3n) is 1.90. The highest BCUT2D eigenvalue weighted by Gasteiger charge is 2.18. The Morgan fingerprint density at radius 2 is 2.00 bits per heavy atom. The number of nitrogens with one attached hydrogen (secondary N) is 1. The van der Waals surface area contributed by atoms with Gasteiger partial charge < -0.3 is 14.7 Å². The molecule has 0 aliphatic carbocycles. The zero-order chi connectivity index (χ0) is 11.4. The van der Waals surface area contributed by atoms with Crippen LogP contribution in [0.5, 0.6) is 11.5 Å². The second kappa shape index (κ2) is 5.29. The van der Waals surface area contributed by atoms with E-state index in [1.807, 2.05) is 5.48 Å². The van der Waals surface area contributed by atoms with Crippen LogP contribution in [0.1, 0.15) is 5.56 Å². The van der Waals surface area contributed by atoms with E-state index in [-0.39, 0.29) is 18.0 Å². The number of ether oxygens (including phenoxy) is 2. The summed E-state index contributed by atoms with van der Waals surface area (Å²) in [5.41, 5.74) is 2.56. The van der Waals surface area contributed by atoms with E-state index in [2.05, 4.69) is 15.9 Å². The molecule has 6 heteroatoms. The molecule has 1 aromatic carbocycles. The number of hydroxylamine groups is 1. The lowest BCUT2D eigenvalue weighted by molar-refractivity contribution is 0.159. The summed E-state index contributed by atoms with van der Waals surface area (Å²) < 4.78 is 23.8. The Morgan fingerprint density at radius 1 is 1.40 bits per heavy atom. The molecule has 0 aliphatic rings. The number of benzene rings is 1. The van der Waals surface area contributed by atoms with E-state index in [0.29, 0.717) is 10.0 Å². The van der Waals surface area contributed by atoms with Crippen LogP contribution in [-0.4, -0.2) is 19.4 Å². The molecule has 0 fully saturated rings. The first-order valence-electron chi connectivity index (χ1n) is 4.11. The van der Waals surface area contributed by atoms with Crippen molar-refractivity contribution in [3.05, 3.63) is 21.9 Å². The van der Waals surface area contributed by atoms with Gasteiger partial charge in [-0.05, 0) is 6.07 Å². The molecule has 1 aromatic rings. The Labute approximate surface area is 95.1 Å². The molecule has 0 atom stereocenters. The summed E-state index contributed by atoms with van der Waals surface area (Å²) in [7, 11) is 2.76. The molecule has 0 unspecified atom stereocenters. The molecule has 0 radical (unpaired) electrons. The van der Waals surface area contributed by atoms with Crippen LogP contribution >= 0.6 is 15.9 Å². The van der Waals surface area contributed by atoms with Gasteiger partial charge in [0.2, 0.25) is 0 Å². The lowest BCUT2D eigenvalue weighted by Crippen LogP contribution is -2.09. The number of halogens is 2. The molecule has 1 rings (SSSR count). The van der Waals surface area contributed by atoms with Gasteiger partial charge in [0.1, 0.15) is 0 Å². The van der Waals surface area contributed by atoms with E-state index in [0.717, 1.165) is 0 Å². The number of rotatable bonds is 4. The molecular weight excluding hydrogens is 269 g/mol. The van der Waals surface area contributed by atoms with Gasteiger partial charge in [0.05, 0.1) is 20.8 Å². The summed E-state index contributed by atoms with van der Waals surface area (Å²) in [6, 6.07) is 1.26. The summed E-state index contributed by atoms with van der Waals surface area (Å²) in [6.45, 7) is 0.125. The van der Waals surface area contributed by atoms with Crippen molar-refractivity contribution in [2.24, 2.45) is 0 Å². The van der Waals surface area contributed by atoms with E-state index in [9.17, 15) is 4.39 Å². The van der Waals surface area contributed by atoms with Gasteiger partial charge in [-0.25, -0.2) is 9.87 Å². The van der Waals surface area contributed by atoms with Crippen molar-refractivity contribution in [1.29, 1.82) is 0 Å². The van der Waals surface area contributed by atoms with Gasteiger partial charge in [0.15, 0.2) is 17.3 Å². The van der Waals surface area contributed by atoms with Crippen molar-refractivity contribution >= 4 is 15.9 Å². The summed E-state index contributed by atoms with van der Waals surface area (Å²) >= 11 is 3.18. The first-order valence-corrected chi connectivity index (χ1v) is 4.90. The SMILES string of the molecule is COc1c(F)cc(Br)c(CNO)c1OC. The van der Waals surface area contributed by atoms with Crippen LogP contribution in [0.4, 0.5) is 4.39 Å². The molecule has 2 N–H and O–H groups in total. The fourth-order valence-corrected chi connectivity index (χ4v) is 1.79. The second-order valence-electron chi connectivity index (χ2n) is 2.72. The fourth-order valence-electron chi connectivity index (χ4n) is 1.27. The van der Waals surface area contributed by atoms with Crippen LogP contribution in [0.15, 0.2) is 10.5 Å². The molecular formula is C9H11BrFNO3. The highest BCUT2D eigenvalue weighted by molar-refractivity contribution is 9.10. The monoisotopic (exact) mass is 279 g/mol. The molecule has 0 saturated heterocycles. The molecule has 0 aliphatic heterocycles. The fraction of sp³-hybridized carbons (Fsp3) is 0.333. The van der Waals surface area contributed by atoms with E-state index < -0.39 is 5.82 Å². The molecule has 0 saturated carbocycles. The molecule has 4 nitrogen and oxygen atoms in total. The molecule has 84 valence electrons. The van der Waals surface area contributed by atoms with Crippen molar-refractivity contribution in [2.45, 2.75) is 6.54 Å². The van der Waals surface area contributed by atoms with Gasteiger partial charge in [0.25, 0.3) is 0 Å². The highest BCUT2D eigenvalue weighted by atomic mass is 79.9. The summed E-state index contributed by atoms with van der Waals surface area (Å²) in [5, 5.41) is 8.64.